The van der Waals surface area contributed by atoms with E-state index in [1.165, 1.54) is 32.7 Å². The number of fused-ring (bicyclic) bond motifs is 8. The van der Waals surface area contributed by atoms with Gasteiger partial charge in [-0.25, -0.2) is 15.0 Å². The molecule has 11 aromatic rings. The van der Waals surface area contributed by atoms with Crippen molar-refractivity contribution in [2.75, 3.05) is 0 Å². The first-order valence-electron chi connectivity index (χ1n) is 18.1. The Morgan fingerprint density at radius 3 is 1.72 bits per heavy atom. The number of aromatic nitrogens is 4. The highest BCUT2D eigenvalue weighted by Crippen LogP contribution is 2.43. The van der Waals surface area contributed by atoms with E-state index in [1.54, 1.807) is 0 Å². The van der Waals surface area contributed by atoms with Gasteiger partial charge in [-0.15, -0.1) is 0 Å². The van der Waals surface area contributed by atoms with Crippen molar-refractivity contribution >= 4 is 54.5 Å². The maximum absolute atomic E-state index is 6.69. The standard InChI is InChI=1S/C49H30N4O/c1-4-14-31(15-5-1)35-25-27-42-40(28-35)38-26-24-32-16-10-11-21-37(32)46(38)53(42)36-29-41(45-39-22-12-13-23-43(39)54-44(45)30-36)49-51-47(33-17-6-2-7-18-33)50-48(52-49)34-19-8-3-9-20-34/h1-30H. The molecular weight excluding hydrogens is 661 g/mol. The summed E-state index contributed by atoms with van der Waals surface area (Å²) in [6.07, 6.45) is 0. The highest BCUT2D eigenvalue weighted by atomic mass is 16.3. The molecule has 54 heavy (non-hydrogen) atoms. The van der Waals surface area contributed by atoms with Crippen LogP contribution in [0, 0.1) is 0 Å². The summed E-state index contributed by atoms with van der Waals surface area (Å²) in [6.45, 7) is 0. The molecule has 3 heterocycles. The fourth-order valence-electron chi connectivity index (χ4n) is 7.93. The van der Waals surface area contributed by atoms with Crippen LogP contribution in [0.25, 0.3) is 105 Å². The lowest BCUT2D eigenvalue weighted by atomic mass is 10.0. The molecule has 0 aliphatic heterocycles. The van der Waals surface area contributed by atoms with Gasteiger partial charge in [0.1, 0.15) is 11.2 Å². The molecule has 0 saturated carbocycles. The van der Waals surface area contributed by atoms with Crippen molar-refractivity contribution in [3.05, 3.63) is 182 Å². The fraction of sp³-hybridized carbons (Fsp3) is 0. The Balaban J connectivity index is 1.25. The third-order valence-corrected chi connectivity index (χ3v) is 10.4. The molecule has 5 nitrogen and oxygen atoms in total. The first-order chi connectivity index (χ1) is 26.8. The zero-order chi connectivity index (χ0) is 35.6. The number of furan rings is 1. The molecule has 0 fully saturated rings. The quantitative estimate of drug-likeness (QED) is 0.180. The van der Waals surface area contributed by atoms with E-state index >= 15 is 0 Å². The van der Waals surface area contributed by atoms with Gasteiger partial charge < -0.3 is 8.98 Å². The van der Waals surface area contributed by atoms with E-state index in [2.05, 4.69) is 114 Å². The number of rotatable bonds is 5. The van der Waals surface area contributed by atoms with Crippen LogP contribution in [0.4, 0.5) is 0 Å². The van der Waals surface area contributed by atoms with Gasteiger partial charge in [-0.1, -0.05) is 152 Å². The van der Waals surface area contributed by atoms with Crippen LogP contribution in [0.5, 0.6) is 0 Å². The van der Waals surface area contributed by atoms with Crippen molar-refractivity contribution in [2.45, 2.75) is 0 Å². The Labute approximate surface area is 310 Å². The Morgan fingerprint density at radius 1 is 0.389 bits per heavy atom. The smallest absolute Gasteiger partial charge is 0.164 e. The third-order valence-electron chi connectivity index (χ3n) is 10.4. The molecule has 0 saturated heterocycles. The number of benzene rings is 8. The van der Waals surface area contributed by atoms with Crippen LogP contribution >= 0.6 is 0 Å². The van der Waals surface area contributed by atoms with Gasteiger partial charge in [0.25, 0.3) is 0 Å². The minimum Gasteiger partial charge on any atom is -0.456 e. The van der Waals surface area contributed by atoms with Crippen LogP contribution in [0.2, 0.25) is 0 Å². The van der Waals surface area contributed by atoms with Gasteiger partial charge in [-0.2, -0.15) is 0 Å². The average Bonchev–Trinajstić information content (AvgIpc) is 3.80. The Kier molecular flexibility index (Phi) is 6.79. The fourth-order valence-corrected chi connectivity index (χ4v) is 7.93. The second kappa shape index (κ2) is 12.1. The average molecular weight is 691 g/mol. The predicted molar refractivity (Wildman–Crippen MR) is 221 cm³/mol. The van der Waals surface area contributed by atoms with E-state index in [1.807, 2.05) is 72.8 Å². The van der Waals surface area contributed by atoms with Gasteiger partial charge in [0.2, 0.25) is 0 Å². The highest BCUT2D eigenvalue weighted by Gasteiger charge is 2.22. The molecule has 0 N–H and O–H groups in total. The summed E-state index contributed by atoms with van der Waals surface area (Å²) < 4.78 is 9.07. The lowest BCUT2D eigenvalue weighted by Gasteiger charge is -2.14. The lowest BCUT2D eigenvalue weighted by molar-refractivity contribution is 0.668. The van der Waals surface area contributed by atoms with Crippen molar-refractivity contribution in [2.24, 2.45) is 0 Å². The van der Waals surface area contributed by atoms with Crippen molar-refractivity contribution in [3.8, 4) is 51.0 Å². The summed E-state index contributed by atoms with van der Waals surface area (Å²) in [5, 5.41) is 6.70. The number of para-hydroxylation sites is 1. The van der Waals surface area contributed by atoms with Crippen molar-refractivity contribution < 1.29 is 4.42 Å². The summed E-state index contributed by atoms with van der Waals surface area (Å²) >= 11 is 0. The molecule has 0 bridgehead atoms. The monoisotopic (exact) mass is 690 g/mol. The SMILES string of the molecule is c1ccc(-c2ccc3c(c2)c2ccc4ccccc4c2n3-c2cc(-c3nc(-c4ccccc4)nc(-c4ccccc4)n3)c3c(c2)oc2ccccc23)cc1. The van der Waals surface area contributed by atoms with Gasteiger partial charge in [0, 0.05) is 49.7 Å². The van der Waals surface area contributed by atoms with E-state index in [0.29, 0.717) is 17.5 Å². The van der Waals surface area contributed by atoms with Crippen LogP contribution < -0.4 is 0 Å². The van der Waals surface area contributed by atoms with Gasteiger partial charge in [-0.3, -0.25) is 0 Å². The molecule has 0 aliphatic rings. The summed E-state index contributed by atoms with van der Waals surface area (Å²) in [7, 11) is 0. The number of hydrogen-bond donors (Lipinski definition) is 0. The van der Waals surface area contributed by atoms with Gasteiger partial charge >= 0.3 is 0 Å². The predicted octanol–water partition coefficient (Wildman–Crippen LogP) is 12.7. The second-order valence-corrected chi connectivity index (χ2v) is 13.6. The van der Waals surface area contributed by atoms with E-state index < -0.39 is 0 Å². The zero-order valence-corrected chi connectivity index (χ0v) is 29.0. The van der Waals surface area contributed by atoms with E-state index in [9.17, 15) is 0 Å². The van der Waals surface area contributed by atoms with E-state index in [0.717, 1.165) is 55.3 Å². The molecule has 11 rings (SSSR count). The summed E-state index contributed by atoms with van der Waals surface area (Å²) in [6, 6.07) is 63.3. The topological polar surface area (TPSA) is 56.7 Å². The Bertz CT molecular complexity index is 3140. The maximum Gasteiger partial charge on any atom is 0.164 e. The van der Waals surface area contributed by atoms with Crippen molar-refractivity contribution in [1.82, 2.24) is 19.5 Å². The molecule has 0 spiro atoms. The van der Waals surface area contributed by atoms with Crippen LogP contribution in [0.15, 0.2) is 186 Å². The molecule has 0 unspecified atom stereocenters. The molecule has 252 valence electrons. The summed E-state index contributed by atoms with van der Waals surface area (Å²) in [5.41, 5.74) is 9.87. The molecule has 0 aliphatic carbocycles. The second-order valence-electron chi connectivity index (χ2n) is 13.6. The van der Waals surface area contributed by atoms with Crippen LogP contribution in [-0.4, -0.2) is 19.5 Å². The number of hydrogen-bond acceptors (Lipinski definition) is 4. The summed E-state index contributed by atoms with van der Waals surface area (Å²) in [4.78, 5) is 15.4. The first kappa shape index (κ1) is 30.3. The number of nitrogens with zero attached hydrogens (tertiary/aromatic N) is 4. The van der Waals surface area contributed by atoms with Crippen LogP contribution in [0.1, 0.15) is 0 Å². The minimum absolute atomic E-state index is 0.582. The van der Waals surface area contributed by atoms with Gasteiger partial charge in [0.05, 0.1) is 16.7 Å². The maximum atomic E-state index is 6.69. The van der Waals surface area contributed by atoms with Crippen LogP contribution in [-0.2, 0) is 0 Å². The third kappa shape index (κ3) is 4.83. The molecule has 0 amide bonds. The normalized spacial score (nSPS) is 11.7. The highest BCUT2D eigenvalue weighted by molar-refractivity contribution is 6.20. The van der Waals surface area contributed by atoms with Gasteiger partial charge in [-0.05, 0) is 40.8 Å². The zero-order valence-electron chi connectivity index (χ0n) is 29.0. The van der Waals surface area contributed by atoms with E-state index in [4.69, 9.17) is 19.4 Å². The largest absolute Gasteiger partial charge is 0.456 e. The summed E-state index contributed by atoms with van der Waals surface area (Å²) in [5.74, 6) is 1.81. The molecular formula is C49H30N4O. The lowest BCUT2D eigenvalue weighted by Crippen LogP contribution is -2.01. The first-order valence-corrected chi connectivity index (χ1v) is 18.1. The van der Waals surface area contributed by atoms with Crippen molar-refractivity contribution in [1.29, 1.82) is 0 Å². The van der Waals surface area contributed by atoms with Crippen LogP contribution in [0.3, 0.4) is 0 Å². The molecule has 0 atom stereocenters. The molecule has 3 aromatic heterocycles. The van der Waals surface area contributed by atoms with E-state index in [-0.39, 0.29) is 0 Å². The van der Waals surface area contributed by atoms with Gasteiger partial charge in [0.15, 0.2) is 17.5 Å². The molecule has 5 heteroatoms. The minimum atomic E-state index is 0.582. The molecule has 0 radical (unpaired) electrons. The Morgan fingerprint density at radius 2 is 1.00 bits per heavy atom. The molecule has 8 aromatic carbocycles. The van der Waals surface area contributed by atoms with Crippen molar-refractivity contribution in [3.63, 3.8) is 0 Å². The Hall–Kier alpha value is -7.37.